The molecule has 0 aliphatic carbocycles. The summed E-state index contributed by atoms with van der Waals surface area (Å²) in [6.07, 6.45) is 1.64. The Morgan fingerprint density at radius 3 is 2.75 bits per heavy atom. The van der Waals surface area contributed by atoms with Gasteiger partial charge < -0.3 is 14.2 Å². The van der Waals surface area contributed by atoms with E-state index >= 15 is 0 Å². The van der Waals surface area contributed by atoms with Crippen molar-refractivity contribution < 1.29 is 19.0 Å². The summed E-state index contributed by atoms with van der Waals surface area (Å²) in [5, 5.41) is 0. The Labute approximate surface area is 94.4 Å². The van der Waals surface area contributed by atoms with Gasteiger partial charge in [-0.25, -0.2) is 4.79 Å². The van der Waals surface area contributed by atoms with Crippen molar-refractivity contribution in [1.82, 2.24) is 0 Å². The van der Waals surface area contributed by atoms with Gasteiger partial charge in [-0.05, 0) is 12.1 Å². The molecule has 0 aromatic heterocycles. The van der Waals surface area contributed by atoms with Crippen LogP contribution in [0.15, 0.2) is 30.9 Å². The Hall–Kier alpha value is -1.97. The smallest absolute Gasteiger partial charge is 0.341 e. The molecule has 0 N–H and O–H groups in total. The minimum Gasteiger partial charge on any atom is -0.496 e. The average molecular weight is 222 g/mol. The topological polar surface area (TPSA) is 44.8 Å². The number of hydrogen-bond donors (Lipinski definition) is 0. The van der Waals surface area contributed by atoms with E-state index in [9.17, 15) is 4.79 Å². The summed E-state index contributed by atoms with van der Waals surface area (Å²) in [5.74, 6) is 0.602. The second-order valence-corrected chi connectivity index (χ2v) is 2.95. The summed E-state index contributed by atoms with van der Waals surface area (Å²) in [6.45, 7) is 3.95. The average Bonchev–Trinajstić information content (AvgIpc) is 2.34. The normalized spacial score (nSPS) is 9.38. The highest BCUT2D eigenvalue weighted by Crippen LogP contribution is 2.25. The van der Waals surface area contributed by atoms with Crippen LogP contribution in [0.5, 0.6) is 11.5 Å². The number of ether oxygens (including phenoxy) is 3. The van der Waals surface area contributed by atoms with E-state index in [2.05, 4.69) is 11.3 Å². The molecule has 0 radical (unpaired) electrons. The van der Waals surface area contributed by atoms with Crippen LogP contribution in [-0.2, 0) is 4.74 Å². The monoisotopic (exact) mass is 222 g/mol. The van der Waals surface area contributed by atoms with Crippen molar-refractivity contribution in [3.63, 3.8) is 0 Å². The molecule has 4 nitrogen and oxygen atoms in total. The number of methoxy groups -OCH3 is 2. The molecule has 0 spiro atoms. The van der Waals surface area contributed by atoms with Gasteiger partial charge in [0.2, 0.25) is 0 Å². The van der Waals surface area contributed by atoms with Crippen molar-refractivity contribution in [3.8, 4) is 11.5 Å². The van der Waals surface area contributed by atoms with E-state index in [-0.39, 0.29) is 0 Å². The van der Waals surface area contributed by atoms with Gasteiger partial charge in [-0.2, -0.15) is 0 Å². The lowest BCUT2D eigenvalue weighted by Gasteiger charge is -2.09. The molecule has 1 rings (SSSR count). The first-order valence-corrected chi connectivity index (χ1v) is 4.73. The quantitative estimate of drug-likeness (QED) is 0.565. The van der Waals surface area contributed by atoms with Gasteiger partial charge in [0.15, 0.2) is 0 Å². The molecule has 0 bridgehead atoms. The van der Waals surface area contributed by atoms with Gasteiger partial charge in [0, 0.05) is 6.07 Å². The third-order valence-corrected chi connectivity index (χ3v) is 1.95. The summed E-state index contributed by atoms with van der Waals surface area (Å²) in [5.41, 5.74) is 0.371. The van der Waals surface area contributed by atoms with Crippen molar-refractivity contribution in [1.29, 1.82) is 0 Å². The molecule has 0 fully saturated rings. The molecule has 86 valence electrons. The second-order valence-electron chi connectivity index (χ2n) is 2.95. The van der Waals surface area contributed by atoms with Gasteiger partial charge in [0.05, 0.1) is 14.2 Å². The molecule has 0 aliphatic rings. The molecular formula is C12H14O4. The van der Waals surface area contributed by atoms with E-state index in [0.717, 1.165) is 0 Å². The van der Waals surface area contributed by atoms with Crippen molar-refractivity contribution >= 4 is 5.97 Å². The third kappa shape index (κ3) is 2.76. The zero-order chi connectivity index (χ0) is 12.0. The lowest BCUT2D eigenvalue weighted by atomic mass is 10.2. The van der Waals surface area contributed by atoms with Gasteiger partial charge in [0.25, 0.3) is 0 Å². The summed E-state index contributed by atoms with van der Waals surface area (Å²) < 4.78 is 15.0. The van der Waals surface area contributed by atoms with Crippen molar-refractivity contribution in [2.45, 2.75) is 0 Å². The molecule has 0 unspecified atom stereocenters. The van der Waals surface area contributed by atoms with E-state index in [1.165, 1.54) is 14.2 Å². The van der Waals surface area contributed by atoms with Gasteiger partial charge in [-0.1, -0.05) is 12.7 Å². The largest absolute Gasteiger partial charge is 0.496 e. The zero-order valence-corrected chi connectivity index (χ0v) is 9.36. The SMILES string of the molecule is C=CCOc1ccc(C(=O)OC)c(OC)c1. The Bertz CT molecular complexity index is 385. The molecule has 1 aromatic carbocycles. The fraction of sp³-hybridized carbons (Fsp3) is 0.250. The first-order chi connectivity index (χ1) is 7.72. The van der Waals surface area contributed by atoms with Crippen molar-refractivity contribution in [2.24, 2.45) is 0 Å². The summed E-state index contributed by atoms with van der Waals surface area (Å²) >= 11 is 0. The van der Waals surface area contributed by atoms with Crippen LogP contribution in [0.1, 0.15) is 10.4 Å². The fourth-order valence-corrected chi connectivity index (χ4v) is 1.20. The van der Waals surface area contributed by atoms with Crippen LogP contribution in [0, 0.1) is 0 Å². The number of hydrogen-bond acceptors (Lipinski definition) is 4. The van der Waals surface area contributed by atoms with Crippen LogP contribution in [0.2, 0.25) is 0 Å². The first-order valence-electron chi connectivity index (χ1n) is 4.73. The van der Waals surface area contributed by atoms with Gasteiger partial charge in [-0.3, -0.25) is 0 Å². The predicted octanol–water partition coefficient (Wildman–Crippen LogP) is 2.05. The minimum absolute atomic E-state index is 0.371. The second kappa shape index (κ2) is 5.80. The Balaban J connectivity index is 2.96. The van der Waals surface area contributed by atoms with Crippen LogP contribution in [0.4, 0.5) is 0 Å². The van der Waals surface area contributed by atoms with Crippen molar-refractivity contribution in [2.75, 3.05) is 20.8 Å². The number of esters is 1. The predicted molar refractivity (Wildman–Crippen MR) is 60.0 cm³/mol. The molecule has 0 atom stereocenters. The van der Waals surface area contributed by atoms with E-state index < -0.39 is 5.97 Å². The third-order valence-electron chi connectivity index (χ3n) is 1.95. The maximum Gasteiger partial charge on any atom is 0.341 e. The molecule has 4 heteroatoms. The van der Waals surface area contributed by atoms with E-state index in [1.807, 2.05) is 0 Å². The summed E-state index contributed by atoms with van der Waals surface area (Å²) in [6, 6.07) is 4.91. The van der Waals surface area contributed by atoms with Gasteiger partial charge in [-0.15, -0.1) is 0 Å². The fourth-order valence-electron chi connectivity index (χ4n) is 1.20. The highest BCUT2D eigenvalue weighted by atomic mass is 16.5. The number of rotatable bonds is 5. The molecule has 16 heavy (non-hydrogen) atoms. The highest BCUT2D eigenvalue weighted by Gasteiger charge is 2.13. The summed E-state index contributed by atoms with van der Waals surface area (Å²) in [7, 11) is 2.81. The Kier molecular flexibility index (Phi) is 4.39. The van der Waals surface area contributed by atoms with E-state index in [4.69, 9.17) is 9.47 Å². The maximum atomic E-state index is 11.4. The highest BCUT2D eigenvalue weighted by molar-refractivity contribution is 5.92. The lowest BCUT2D eigenvalue weighted by molar-refractivity contribution is 0.0597. The first kappa shape index (κ1) is 12.1. The van der Waals surface area contributed by atoms with Gasteiger partial charge >= 0.3 is 5.97 Å². The van der Waals surface area contributed by atoms with Crippen LogP contribution in [0.3, 0.4) is 0 Å². The van der Waals surface area contributed by atoms with Crippen molar-refractivity contribution in [3.05, 3.63) is 36.4 Å². The molecule has 0 aliphatic heterocycles. The minimum atomic E-state index is -0.438. The molecule has 0 saturated heterocycles. The van der Waals surface area contributed by atoms with E-state index in [0.29, 0.717) is 23.7 Å². The number of carbonyl (C=O) groups excluding carboxylic acids is 1. The Morgan fingerprint density at radius 1 is 1.44 bits per heavy atom. The van der Waals surface area contributed by atoms with Crippen LogP contribution >= 0.6 is 0 Å². The molecular weight excluding hydrogens is 208 g/mol. The van der Waals surface area contributed by atoms with E-state index in [1.54, 1.807) is 24.3 Å². The zero-order valence-electron chi connectivity index (χ0n) is 9.36. The number of carbonyl (C=O) groups is 1. The Morgan fingerprint density at radius 2 is 2.19 bits per heavy atom. The molecule has 0 amide bonds. The molecule has 0 saturated carbocycles. The lowest BCUT2D eigenvalue weighted by Crippen LogP contribution is -2.04. The van der Waals surface area contributed by atoms with Crippen LogP contribution < -0.4 is 9.47 Å². The maximum absolute atomic E-state index is 11.4. The number of benzene rings is 1. The summed E-state index contributed by atoms with van der Waals surface area (Å²) in [4.78, 5) is 11.4. The standard InChI is InChI=1S/C12H14O4/c1-4-7-16-9-5-6-10(12(13)15-3)11(8-9)14-2/h4-6,8H,1,7H2,2-3H3. The molecule has 1 aromatic rings. The van der Waals surface area contributed by atoms with Crippen LogP contribution in [-0.4, -0.2) is 26.8 Å². The van der Waals surface area contributed by atoms with Crippen LogP contribution in [0.25, 0.3) is 0 Å². The van der Waals surface area contributed by atoms with Gasteiger partial charge in [0.1, 0.15) is 23.7 Å². The molecule has 0 heterocycles.